The van der Waals surface area contributed by atoms with Crippen LogP contribution in [0.4, 0.5) is 0 Å². The number of hydrogen-bond acceptors (Lipinski definition) is 3. The van der Waals surface area contributed by atoms with Crippen LogP contribution in [0.3, 0.4) is 0 Å². The van der Waals surface area contributed by atoms with Crippen molar-refractivity contribution in [2.24, 2.45) is 7.05 Å². The van der Waals surface area contributed by atoms with Crippen LogP contribution in [-0.4, -0.2) is 25.7 Å². The summed E-state index contributed by atoms with van der Waals surface area (Å²) >= 11 is 0. The monoisotopic (exact) mass is 205 g/mol. The van der Waals surface area contributed by atoms with Crippen molar-refractivity contribution in [3.63, 3.8) is 0 Å². The van der Waals surface area contributed by atoms with Crippen LogP contribution in [0.1, 0.15) is 16.2 Å². The molecule has 1 amide bonds. The van der Waals surface area contributed by atoms with Crippen LogP contribution in [0, 0.1) is 0 Å². The number of nitrogens with zero attached hydrogens (tertiary/aromatic N) is 3. The van der Waals surface area contributed by atoms with Crippen LogP contribution < -0.4 is 5.32 Å². The molecule has 15 heavy (non-hydrogen) atoms. The van der Waals surface area contributed by atoms with E-state index in [-0.39, 0.29) is 5.91 Å². The van der Waals surface area contributed by atoms with Crippen molar-refractivity contribution in [1.29, 1.82) is 0 Å². The van der Waals surface area contributed by atoms with E-state index >= 15 is 0 Å². The van der Waals surface area contributed by atoms with Gasteiger partial charge in [-0.2, -0.15) is 5.10 Å². The lowest BCUT2D eigenvalue weighted by atomic mass is 10.4. The average molecular weight is 205 g/mol. The first-order valence-corrected chi connectivity index (χ1v) is 4.51. The standard InChI is InChI=1S/C9H11N5O/c1-14-3-2-8(13-14)9(15)11-5-7-4-10-6-12-7/h2-4,6H,5H2,1H3,(H,10,12)(H,11,15). The normalized spacial score (nSPS) is 10.2. The molecule has 0 unspecified atom stereocenters. The van der Waals surface area contributed by atoms with Crippen LogP contribution in [-0.2, 0) is 13.6 Å². The smallest absolute Gasteiger partial charge is 0.272 e. The lowest BCUT2D eigenvalue weighted by Gasteiger charge is -1.99. The van der Waals surface area contributed by atoms with Crippen molar-refractivity contribution in [3.05, 3.63) is 36.2 Å². The number of aromatic amines is 1. The molecule has 2 rings (SSSR count). The minimum atomic E-state index is -0.190. The van der Waals surface area contributed by atoms with Gasteiger partial charge in [-0.1, -0.05) is 0 Å². The second-order valence-corrected chi connectivity index (χ2v) is 3.13. The van der Waals surface area contributed by atoms with E-state index in [0.29, 0.717) is 12.2 Å². The molecule has 6 heteroatoms. The third-order valence-electron chi connectivity index (χ3n) is 1.94. The van der Waals surface area contributed by atoms with Crippen molar-refractivity contribution in [1.82, 2.24) is 25.1 Å². The van der Waals surface area contributed by atoms with Crippen molar-refractivity contribution >= 4 is 5.91 Å². The van der Waals surface area contributed by atoms with Gasteiger partial charge in [0.2, 0.25) is 0 Å². The fourth-order valence-electron chi connectivity index (χ4n) is 1.18. The molecule has 2 N–H and O–H groups in total. The van der Waals surface area contributed by atoms with Gasteiger partial charge >= 0.3 is 0 Å². The molecule has 0 aromatic carbocycles. The molecule has 0 aliphatic carbocycles. The van der Waals surface area contributed by atoms with Crippen molar-refractivity contribution in [2.75, 3.05) is 0 Å². The number of carbonyl (C=O) groups is 1. The van der Waals surface area contributed by atoms with Gasteiger partial charge in [0, 0.05) is 19.4 Å². The van der Waals surface area contributed by atoms with Gasteiger partial charge in [0.1, 0.15) is 5.69 Å². The highest BCUT2D eigenvalue weighted by atomic mass is 16.1. The summed E-state index contributed by atoms with van der Waals surface area (Å²) in [5.41, 5.74) is 1.27. The molecule has 2 aromatic heterocycles. The third-order valence-corrected chi connectivity index (χ3v) is 1.94. The minimum absolute atomic E-state index is 0.190. The molecule has 0 fully saturated rings. The molecule has 0 saturated heterocycles. The Hall–Kier alpha value is -2.11. The molecule has 6 nitrogen and oxygen atoms in total. The molecule has 0 aliphatic rings. The molecule has 0 aliphatic heterocycles. The summed E-state index contributed by atoms with van der Waals surface area (Å²) in [6.45, 7) is 0.426. The molecule has 2 aromatic rings. The number of amides is 1. The SMILES string of the molecule is Cn1ccc(C(=O)NCc2cnc[nH]2)n1. The van der Waals surface area contributed by atoms with Gasteiger partial charge in [0.05, 0.1) is 18.6 Å². The first kappa shape index (κ1) is 9.45. The Morgan fingerprint density at radius 3 is 3.13 bits per heavy atom. The van der Waals surface area contributed by atoms with E-state index in [2.05, 4.69) is 20.4 Å². The Labute approximate surface area is 86.3 Å². The van der Waals surface area contributed by atoms with E-state index in [0.717, 1.165) is 5.69 Å². The Kier molecular flexibility index (Phi) is 2.49. The number of aromatic nitrogens is 4. The number of rotatable bonds is 3. The molecule has 0 atom stereocenters. The quantitative estimate of drug-likeness (QED) is 0.744. The van der Waals surface area contributed by atoms with Gasteiger partial charge in [-0.25, -0.2) is 4.98 Å². The summed E-state index contributed by atoms with van der Waals surface area (Å²) in [5, 5.41) is 6.72. The topological polar surface area (TPSA) is 75.6 Å². The predicted molar refractivity (Wildman–Crippen MR) is 53.0 cm³/mol. The van der Waals surface area contributed by atoms with Crippen LogP contribution in [0.2, 0.25) is 0 Å². The fraction of sp³-hybridized carbons (Fsp3) is 0.222. The van der Waals surface area contributed by atoms with Crippen LogP contribution >= 0.6 is 0 Å². The van der Waals surface area contributed by atoms with Crippen LogP contribution in [0.5, 0.6) is 0 Å². The van der Waals surface area contributed by atoms with Crippen molar-refractivity contribution < 1.29 is 4.79 Å². The summed E-state index contributed by atoms with van der Waals surface area (Å²) in [6, 6.07) is 1.67. The first-order valence-electron chi connectivity index (χ1n) is 4.51. The maximum atomic E-state index is 11.5. The van der Waals surface area contributed by atoms with E-state index in [1.165, 1.54) is 0 Å². The van der Waals surface area contributed by atoms with Gasteiger partial charge in [-0.15, -0.1) is 0 Å². The molecular formula is C9H11N5O. The molecule has 78 valence electrons. The Bertz CT molecular complexity index is 445. The summed E-state index contributed by atoms with van der Waals surface area (Å²) in [5.74, 6) is -0.190. The molecule has 0 spiro atoms. The highest BCUT2D eigenvalue weighted by Gasteiger charge is 2.07. The maximum absolute atomic E-state index is 11.5. The summed E-state index contributed by atoms with van der Waals surface area (Å²) in [4.78, 5) is 18.3. The summed E-state index contributed by atoms with van der Waals surface area (Å²) in [6.07, 6.45) is 4.96. The second-order valence-electron chi connectivity index (χ2n) is 3.13. The van der Waals surface area contributed by atoms with E-state index in [1.807, 2.05) is 0 Å². The van der Waals surface area contributed by atoms with E-state index in [1.54, 1.807) is 36.5 Å². The Morgan fingerprint density at radius 1 is 1.67 bits per heavy atom. The highest BCUT2D eigenvalue weighted by molar-refractivity contribution is 5.92. The number of aryl methyl sites for hydroxylation is 1. The lowest BCUT2D eigenvalue weighted by Crippen LogP contribution is -2.23. The van der Waals surface area contributed by atoms with Gasteiger partial charge in [0.15, 0.2) is 0 Å². The Balaban J connectivity index is 1.93. The largest absolute Gasteiger partial charge is 0.347 e. The number of H-pyrrole nitrogens is 1. The molecule has 0 saturated carbocycles. The lowest BCUT2D eigenvalue weighted by molar-refractivity contribution is 0.0945. The first-order chi connectivity index (χ1) is 7.25. The summed E-state index contributed by atoms with van der Waals surface area (Å²) < 4.78 is 1.59. The van der Waals surface area contributed by atoms with Crippen molar-refractivity contribution in [2.45, 2.75) is 6.54 Å². The molecule has 0 bridgehead atoms. The molecule has 0 radical (unpaired) electrons. The van der Waals surface area contributed by atoms with Gasteiger partial charge in [-0.05, 0) is 6.07 Å². The van der Waals surface area contributed by atoms with Gasteiger partial charge < -0.3 is 10.3 Å². The number of imidazole rings is 1. The minimum Gasteiger partial charge on any atom is -0.347 e. The second kappa shape index (κ2) is 3.95. The average Bonchev–Trinajstić information content (AvgIpc) is 2.84. The molecule has 2 heterocycles. The predicted octanol–water partition coefficient (Wildman–Crippen LogP) is 0.0732. The zero-order valence-electron chi connectivity index (χ0n) is 8.27. The summed E-state index contributed by atoms with van der Waals surface area (Å²) in [7, 11) is 1.77. The van der Waals surface area contributed by atoms with Gasteiger partial charge in [0.25, 0.3) is 5.91 Å². The number of hydrogen-bond donors (Lipinski definition) is 2. The fourth-order valence-corrected chi connectivity index (χ4v) is 1.18. The number of carbonyl (C=O) groups excluding carboxylic acids is 1. The zero-order chi connectivity index (χ0) is 10.7. The van der Waals surface area contributed by atoms with E-state index in [4.69, 9.17) is 0 Å². The molecular weight excluding hydrogens is 194 g/mol. The third kappa shape index (κ3) is 2.22. The zero-order valence-corrected chi connectivity index (χ0v) is 8.27. The van der Waals surface area contributed by atoms with Gasteiger partial charge in [-0.3, -0.25) is 9.48 Å². The van der Waals surface area contributed by atoms with Crippen LogP contribution in [0.25, 0.3) is 0 Å². The number of nitrogens with one attached hydrogen (secondary N) is 2. The van der Waals surface area contributed by atoms with E-state index < -0.39 is 0 Å². The van der Waals surface area contributed by atoms with Crippen LogP contribution in [0.15, 0.2) is 24.8 Å². The maximum Gasteiger partial charge on any atom is 0.272 e. The Morgan fingerprint density at radius 2 is 2.53 bits per heavy atom. The van der Waals surface area contributed by atoms with Crippen molar-refractivity contribution in [3.8, 4) is 0 Å². The van der Waals surface area contributed by atoms with E-state index in [9.17, 15) is 4.79 Å². The highest BCUT2D eigenvalue weighted by Crippen LogP contribution is 1.95.